The van der Waals surface area contributed by atoms with Crippen molar-refractivity contribution in [3.63, 3.8) is 0 Å². The molecule has 0 aromatic heterocycles. The van der Waals surface area contributed by atoms with Gasteiger partial charge in [0.2, 0.25) is 15.9 Å². The fraction of sp³-hybridized carbons (Fsp3) is 0.667. The van der Waals surface area contributed by atoms with Crippen molar-refractivity contribution in [2.75, 3.05) is 39.3 Å². The Morgan fingerprint density at radius 3 is 2.21 bits per heavy atom. The number of hydrogen-bond donors (Lipinski definition) is 1. The molecule has 1 heterocycles. The predicted molar refractivity (Wildman–Crippen MR) is 113 cm³/mol. The van der Waals surface area contributed by atoms with E-state index < -0.39 is 10.0 Å². The molecule has 1 aromatic carbocycles. The third kappa shape index (κ3) is 6.29. The summed E-state index contributed by atoms with van der Waals surface area (Å²) in [5.41, 5.74) is 1.16. The SMILES string of the molecule is CC[C@H](C)c1ccc(S(=O)(=O)N2CCN(CC(=O)NCCC(C)C)CC2)cc1. The lowest BCUT2D eigenvalue weighted by Crippen LogP contribution is -2.51. The van der Waals surface area contributed by atoms with Gasteiger partial charge in [0.25, 0.3) is 0 Å². The molecule has 0 bridgehead atoms. The van der Waals surface area contributed by atoms with Crippen LogP contribution in [0.2, 0.25) is 0 Å². The zero-order valence-electron chi connectivity index (χ0n) is 17.6. The monoisotopic (exact) mass is 409 g/mol. The Morgan fingerprint density at radius 1 is 1.07 bits per heavy atom. The van der Waals surface area contributed by atoms with Crippen LogP contribution in [-0.4, -0.2) is 62.8 Å². The summed E-state index contributed by atoms with van der Waals surface area (Å²) in [6.45, 7) is 11.5. The molecular formula is C21H35N3O3S. The maximum Gasteiger partial charge on any atom is 0.243 e. The zero-order chi connectivity index (χ0) is 20.7. The van der Waals surface area contributed by atoms with Crippen molar-refractivity contribution in [2.45, 2.75) is 51.3 Å². The number of sulfonamides is 1. The molecule has 1 atom stereocenters. The maximum atomic E-state index is 12.9. The second kappa shape index (κ2) is 10.4. The van der Waals surface area contributed by atoms with Crippen LogP contribution in [0.1, 0.15) is 52.0 Å². The van der Waals surface area contributed by atoms with Gasteiger partial charge >= 0.3 is 0 Å². The second-order valence-corrected chi connectivity index (χ2v) is 10.0. The number of rotatable bonds is 9. The second-order valence-electron chi connectivity index (χ2n) is 8.09. The molecule has 1 aliphatic rings. The van der Waals surface area contributed by atoms with Crippen molar-refractivity contribution < 1.29 is 13.2 Å². The number of nitrogens with one attached hydrogen (secondary N) is 1. The van der Waals surface area contributed by atoms with Crippen LogP contribution in [0.5, 0.6) is 0 Å². The average molecular weight is 410 g/mol. The van der Waals surface area contributed by atoms with E-state index in [0.29, 0.717) is 56.0 Å². The summed E-state index contributed by atoms with van der Waals surface area (Å²) >= 11 is 0. The van der Waals surface area contributed by atoms with Gasteiger partial charge < -0.3 is 5.32 Å². The first-order chi connectivity index (χ1) is 13.2. The van der Waals surface area contributed by atoms with Crippen LogP contribution < -0.4 is 5.32 Å². The van der Waals surface area contributed by atoms with Crippen LogP contribution in [-0.2, 0) is 14.8 Å². The fourth-order valence-electron chi connectivity index (χ4n) is 3.24. The summed E-state index contributed by atoms with van der Waals surface area (Å²) < 4.78 is 27.3. The highest BCUT2D eigenvalue weighted by Crippen LogP contribution is 2.23. The van der Waals surface area contributed by atoms with Crippen LogP contribution >= 0.6 is 0 Å². The van der Waals surface area contributed by atoms with Gasteiger partial charge in [0.05, 0.1) is 11.4 Å². The van der Waals surface area contributed by atoms with Crippen LogP contribution in [0, 0.1) is 5.92 Å². The van der Waals surface area contributed by atoms with E-state index >= 15 is 0 Å². The summed E-state index contributed by atoms with van der Waals surface area (Å²) in [6.07, 6.45) is 1.99. The molecule has 0 saturated carbocycles. The number of hydrogen-bond acceptors (Lipinski definition) is 4. The third-order valence-electron chi connectivity index (χ3n) is 5.44. The first kappa shape index (κ1) is 22.8. The number of amides is 1. The normalized spacial score (nSPS) is 17.6. The Balaban J connectivity index is 1.87. The molecule has 1 fully saturated rings. The molecule has 1 aromatic rings. The largest absolute Gasteiger partial charge is 0.355 e. The van der Waals surface area contributed by atoms with Gasteiger partial charge in [0.1, 0.15) is 0 Å². The maximum absolute atomic E-state index is 12.9. The van der Waals surface area contributed by atoms with Crippen molar-refractivity contribution >= 4 is 15.9 Å². The quantitative estimate of drug-likeness (QED) is 0.681. The van der Waals surface area contributed by atoms with Gasteiger partial charge in [0.15, 0.2) is 0 Å². The van der Waals surface area contributed by atoms with Crippen molar-refractivity contribution in [1.29, 1.82) is 0 Å². The summed E-state index contributed by atoms with van der Waals surface area (Å²) in [4.78, 5) is 14.4. The highest BCUT2D eigenvalue weighted by molar-refractivity contribution is 7.89. The topological polar surface area (TPSA) is 69.7 Å². The molecule has 0 radical (unpaired) electrons. The van der Waals surface area contributed by atoms with E-state index in [1.807, 2.05) is 17.0 Å². The molecule has 1 aliphatic heterocycles. The van der Waals surface area contributed by atoms with Crippen molar-refractivity contribution in [2.24, 2.45) is 5.92 Å². The van der Waals surface area contributed by atoms with E-state index in [9.17, 15) is 13.2 Å². The minimum absolute atomic E-state index is 0.0117. The van der Waals surface area contributed by atoms with E-state index in [1.165, 1.54) is 4.31 Å². The van der Waals surface area contributed by atoms with E-state index in [1.54, 1.807) is 12.1 Å². The first-order valence-electron chi connectivity index (χ1n) is 10.3. The Kier molecular flexibility index (Phi) is 8.46. The minimum atomic E-state index is -3.48. The van der Waals surface area contributed by atoms with Gasteiger partial charge in [-0.1, -0.05) is 39.8 Å². The highest BCUT2D eigenvalue weighted by Gasteiger charge is 2.29. The number of carbonyl (C=O) groups is 1. The number of benzene rings is 1. The molecule has 7 heteroatoms. The highest BCUT2D eigenvalue weighted by atomic mass is 32.2. The Bertz CT molecular complexity index is 724. The molecular weight excluding hydrogens is 374 g/mol. The number of nitrogens with zero attached hydrogens (tertiary/aromatic N) is 2. The van der Waals surface area contributed by atoms with Gasteiger partial charge in [0, 0.05) is 32.7 Å². The first-order valence-corrected chi connectivity index (χ1v) is 11.8. The average Bonchev–Trinajstić information content (AvgIpc) is 2.67. The molecule has 28 heavy (non-hydrogen) atoms. The van der Waals surface area contributed by atoms with E-state index in [2.05, 4.69) is 33.0 Å². The number of carbonyl (C=O) groups excluding carboxylic acids is 1. The third-order valence-corrected chi connectivity index (χ3v) is 7.35. The molecule has 6 nitrogen and oxygen atoms in total. The molecule has 1 amide bonds. The van der Waals surface area contributed by atoms with Crippen LogP contribution in [0.3, 0.4) is 0 Å². The summed E-state index contributed by atoms with van der Waals surface area (Å²) in [6, 6.07) is 7.26. The Labute approximate surface area is 170 Å². The standard InChI is InChI=1S/C21H35N3O3S/c1-5-18(4)19-6-8-20(9-7-19)28(26,27)24-14-12-23(13-15-24)16-21(25)22-11-10-17(2)3/h6-9,17-18H,5,10-16H2,1-4H3,(H,22,25)/t18-/m0/s1. The lowest BCUT2D eigenvalue weighted by atomic mass is 9.99. The summed E-state index contributed by atoms with van der Waals surface area (Å²) in [5, 5.41) is 2.94. The lowest BCUT2D eigenvalue weighted by molar-refractivity contribution is -0.122. The smallest absolute Gasteiger partial charge is 0.243 e. The molecule has 1 N–H and O–H groups in total. The van der Waals surface area contributed by atoms with Gasteiger partial charge in [-0.25, -0.2) is 8.42 Å². The van der Waals surface area contributed by atoms with Crippen molar-refractivity contribution in [3.05, 3.63) is 29.8 Å². The van der Waals surface area contributed by atoms with Gasteiger partial charge in [-0.2, -0.15) is 4.31 Å². The lowest BCUT2D eigenvalue weighted by Gasteiger charge is -2.33. The van der Waals surface area contributed by atoms with Crippen LogP contribution in [0.4, 0.5) is 0 Å². The van der Waals surface area contributed by atoms with Gasteiger partial charge in [-0.15, -0.1) is 0 Å². The fourth-order valence-corrected chi connectivity index (χ4v) is 4.66. The molecule has 2 rings (SSSR count). The predicted octanol–water partition coefficient (Wildman–Crippen LogP) is 2.67. The molecule has 0 spiro atoms. The number of piperazine rings is 1. The van der Waals surface area contributed by atoms with E-state index in [4.69, 9.17) is 0 Å². The van der Waals surface area contributed by atoms with Crippen LogP contribution in [0.25, 0.3) is 0 Å². The van der Waals surface area contributed by atoms with Gasteiger partial charge in [-0.3, -0.25) is 9.69 Å². The van der Waals surface area contributed by atoms with Gasteiger partial charge in [-0.05, 0) is 42.4 Å². The molecule has 0 aliphatic carbocycles. The minimum Gasteiger partial charge on any atom is -0.355 e. The Hall–Kier alpha value is -1.44. The zero-order valence-corrected chi connectivity index (χ0v) is 18.5. The van der Waals surface area contributed by atoms with Crippen molar-refractivity contribution in [1.82, 2.24) is 14.5 Å². The molecule has 158 valence electrons. The molecule has 0 unspecified atom stereocenters. The molecule has 1 saturated heterocycles. The van der Waals surface area contributed by atoms with E-state index in [-0.39, 0.29) is 5.91 Å². The summed E-state index contributed by atoms with van der Waals surface area (Å²) in [7, 11) is -3.48. The van der Waals surface area contributed by atoms with E-state index in [0.717, 1.165) is 18.4 Å². The van der Waals surface area contributed by atoms with Crippen molar-refractivity contribution in [3.8, 4) is 0 Å². The summed E-state index contributed by atoms with van der Waals surface area (Å²) in [5.74, 6) is 0.998. The van der Waals surface area contributed by atoms with Crippen LogP contribution in [0.15, 0.2) is 29.2 Å². The Morgan fingerprint density at radius 2 is 1.68 bits per heavy atom.